The number of hydrogen-bond donors (Lipinski definition) is 1. The zero-order valence-electron chi connectivity index (χ0n) is 12.3. The second-order valence-corrected chi connectivity index (χ2v) is 5.42. The van der Waals surface area contributed by atoms with Gasteiger partial charge < -0.3 is 5.32 Å². The van der Waals surface area contributed by atoms with Crippen LogP contribution in [-0.4, -0.2) is 6.54 Å². The fourth-order valence-electron chi connectivity index (χ4n) is 2.31. The van der Waals surface area contributed by atoms with Crippen LogP contribution in [0, 0.1) is 13.8 Å². The number of nitrogens with one attached hydrogen (secondary N) is 1. The van der Waals surface area contributed by atoms with Crippen molar-refractivity contribution >= 4 is 0 Å². The molecule has 0 fully saturated rings. The lowest BCUT2D eigenvalue weighted by Crippen LogP contribution is -2.22. The summed E-state index contributed by atoms with van der Waals surface area (Å²) in [7, 11) is 0. The van der Waals surface area contributed by atoms with Gasteiger partial charge in [-0.15, -0.1) is 6.58 Å². The van der Waals surface area contributed by atoms with Gasteiger partial charge in [0, 0.05) is 6.04 Å². The number of benzene rings is 1. The largest absolute Gasteiger partial charge is 0.310 e. The maximum Gasteiger partial charge on any atom is 0.0323 e. The van der Waals surface area contributed by atoms with Crippen LogP contribution in [0.25, 0.3) is 0 Å². The molecule has 0 amide bonds. The van der Waals surface area contributed by atoms with Crippen LogP contribution in [0.3, 0.4) is 0 Å². The van der Waals surface area contributed by atoms with Gasteiger partial charge in [0.25, 0.3) is 0 Å². The predicted octanol–water partition coefficient (Wildman–Crippen LogP) is 4.70. The van der Waals surface area contributed by atoms with Crippen molar-refractivity contribution in [3.63, 3.8) is 0 Å². The van der Waals surface area contributed by atoms with Crippen LogP contribution in [0.15, 0.2) is 30.4 Å². The molecular formula is C17H27N. The first-order chi connectivity index (χ1) is 8.52. The number of allylic oxidation sites excluding steroid dienone is 1. The van der Waals surface area contributed by atoms with Crippen LogP contribution in [-0.2, 0) is 0 Å². The topological polar surface area (TPSA) is 12.0 Å². The molecule has 0 spiro atoms. The first-order valence-electron chi connectivity index (χ1n) is 6.99. The average Bonchev–Trinajstić information content (AvgIpc) is 2.27. The van der Waals surface area contributed by atoms with Crippen LogP contribution in [0.2, 0.25) is 0 Å². The summed E-state index contributed by atoms with van der Waals surface area (Å²) in [4.78, 5) is 0. The quantitative estimate of drug-likeness (QED) is 0.687. The summed E-state index contributed by atoms with van der Waals surface area (Å²) in [5.74, 6) is 0. The summed E-state index contributed by atoms with van der Waals surface area (Å²) in [6, 6.07) is 7.30. The highest BCUT2D eigenvalue weighted by Crippen LogP contribution is 2.22. The second-order valence-electron chi connectivity index (χ2n) is 5.42. The fourth-order valence-corrected chi connectivity index (χ4v) is 2.31. The molecule has 1 aromatic rings. The SMILES string of the molecule is C=C(C)CCC(NCCC)c1cc(C)cc(C)c1. The molecule has 1 N–H and O–H groups in total. The third kappa shape index (κ3) is 5.05. The minimum absolute atomic E-state index is 0.459. The number of hydrogen-bond acceptors (Lipinski definition) is 1. The Morgan fingerprint density at radius 2 is 1.83 bits per heavy atom. The molecule has 1 aromatic carbocycles. The first kappa shape index (κ1) is 15.0. The van der Waals surface area contributed by atoms with E-state index >= 15 is 0 Å². The van der Waals surface area contributed by atoms with Crippen molar-refractivity contribution in [1.82, 2.24) is 5.32 Å². The molecule has 0 aromatic heterocycles. The van der Waals surface area contributed by atoms with Gasteiger partial charge in [0.05, 0.1) is 0 Å². The molecule has 0 heterocycles. The summed E-state index contributed by atoms with van der Waals surface area (Å²) in [5, 5.41) is 3.65. The molecule has 0 aliphatic heterocycles. The molecule has 0 aliphatic rings. The van der Waals surface area contributed by atoms with Crippen molar-refractivity contribution in [2.24, 2.45) is 0 Å². The normalized spacial score (nSPS) is 12.4. The van der Waals surface area contributed by atoms with Gasteiger partial charge >= 0.3 is 0 Å². The molecule has 0 saturated heterocycles. The van der Waals surface area contributed by atoms with Gasteiger partial charge in [0.15, 0.2) is 0 Å². The van der Waals surface area contributed by atoms with Crippen LogP contribution < -0.4 is 5.32 Å². The van der Waals surface area contributed by atoms with Crippen LogP contribution >= 0.6 is 0 Å². The Morgan fingerprint density at radius 3 is 2.33 bits per heavy atom. The summed E-state index contributed by atoms with van der Waals surface area (Å²) < 4.78 is 0. The Hall–Kier alpha value is -1.08. The van der Waals surface area contributed by atoms with E-state index in [-0.39, 0.29) is 0 Å². The van der Waals surface area contributed by atoms with Gasteiger partial charge in [-0.1, -0.05) is 41.8 Å². The highest BCUT2D eigenvalue weighted by atomic mass is 14.9. The summed E-state index contributed by atoms with van der Waals surface area (Å²) in [5.41, 5.74) is 5.39. The van der Waals surface area contributed by atoms with E-state index in [0.717, 1.165) is 19.4 Å². The second kappa shape index (κ2) is 7.38. The fraction of sp³-hybridized carbons (Fsp3) is 0.529. The Labute approximate surface area is 112 Å². The minimum atomic E-state index is 0.459. The van der Waals surface area contributed by atoms with Crippen LogP contribution in [0.1, 0.15) is 55.8 Å². The van der Waals surface area contributed by atoms with E-state index in [2.05, 4.69) is 57.8 Å². The number of rotatable bonds is 7. The van der Waals surface area contributed by atoms with Crippen molar-refractivity contribution in [3.8, 4) is 0 Å². The molecule has 0 bridgehead atoms. The Kier molecular flexibility index (Phi) is 6.14. The van der Waals surface area contributed by atoms with Crippen LogP contribution in [0.4, 0.5) is 0 Å². The highest BCUT2D eigenvalue weighted by Gasteiger charge is 2.11. The zero-order valence-corrected chi connectivity index (χ0v) is 12.3. The summed E-state index contributed by atoms with van der Waals surface area (Å²) in [6.07, 6.45) is 3.40. The maximum atomic E-state index is 4.01. The molecule has 1 unspecified atom stereocenters. The molecule has 0 saturated carbocycles. The standard InChI is InChI=1S/C17H27N/c1-6-9-18-17(8-7-13(2)3)16-11-14(4)10-15(5)12-16/h10-12,17-18H,2,6-9H2,1,3-5H3. The van der Waals surface area contributed by atoms with Crippen molar-refractivity contribution in [3.05, 3.63) is 47.0 Å². The van der Waals surface area contributed by atoms with Crippen LogP contribution in [0.5, 0.6) is 0 Å². The molecule has 18 heavy (non-hydrogen) atoms. The van der Waals surface area contributed by atoms with E-state index < -0.39 is 0 Å². The van der Waals surface area contributed by atoms with Crippen molar-refractivity contribution < 1.29 is 0 Å². The van der Waals surface area contributed by atoms with E-state index in [1.54, 1.807) is 0 Å². The molecule has 1 atom stereocenters. The molecule has 0 aliphatic carbocycles. The van der Waals surface area contributed by atoms with Crippen molar-refractivity contribution in [2.45, 2.75) is 53.0 Å². The highest BCUT2D eigenvalue weighted by molar-refractivity contribution is 5.30. The van der Waals surface area contributed by atoms with E-state index in [0.29, 0.717) is 6.04 Å². The monoisotopic (exact) mass is 245 g/mol. The van der Waals surface area contributed by atoms with Crippen molar-refractivity contribution in [2.75, 3.05) is 6.54 Å². The van der Waals surface area contributed by atoms with E-state index in [1.165, 1.54) is 28.7 Å². The van der Waals surface area contributed by atoms with Gasteiger partial charge in [-0.05, 0) is 52.1 Å². The minimum Gasteiger partial charge on any atom is -0.310 e. The lowest BCUT2D eigenvalue weighted by molar-refractivity contribution is 0.498. The lowest BCUT2D eigenvalue weighted by atomic mass is 9.96. The van der Waals surface area contributed by atoms with Crippen molar-refractivity contribution in [1.29, 1.82) is 0 Å². The molecule has 1 rings (SSSR count). The predicted molar refractivity (Wildman–Crippen MR) is 81.0 cm³/mol. The van der Waals surface area contributed by atoms with E-state index in [1.807, 2.05) is 0 Å². The molecule has 1 heteroatoms. The average molecular weight is 245 g/mol. The molecule has 100 valence electrons. The Bertz CT molecular complexity index is 372. The summed E-state index contributed by atoms with van der Waals surface area (Å²) >= 11 is 0. The maximum absolute atomic E-state index is 4.01. The lowest BCUT2D eigenvalue weighted by Gasteiger charge is -2.20. The molecule has 0 radical (unpaired) electrons. The molecular weight excluding hydrogens is 218 g/mol. The van der Waals surface area contributed by atoms with E-state index in [9.17, 15) is 0 Å². The first-order valence-corrected chi connectivity index (χ1v) is 6.99. The third-order valence-corrected chi connectivity index (χ3v) is 3.15. The number of aryl methyl sites for hydroxylation is 2. The zero-order chi connectivity index (χ0) is 13.5. The third-order valence-electron chi connectivity index (χ3n) is 3.15. The Balaban J connectivity index is 2.82. The Morgan fingerprint density at radius 1 is 1.22 bits per heavy atom. The molecule has 1 nitrogen and oxygen atoms in total. The van der Waals surface area contributed by atoms with E-state index in [4.69, 9.17) is 0 Å². The van der Waals surface area contributed by atoms with Gasteiger partial charge in [-0.2, -0.15) is 0 Å². The van der Waals surface area contributed by atoms with Gasteiger partial charge in [0.2, 0.25) is 0 Å². The van der Waals surface area contributed by atoms with Gasteiger partial charge in [0.1, 0.15) is 0 Å². The summed E-state index contributed by atoms with van der Waals surface area (Å²) in [6.45, 7) is 13.8. The van der Waals surface area contributed by atoms with Gasteiger partial charge in [-0.3, -0.25) is 0 Å². The van der Waals surface area contributed by atoms with Gasteiger partial charge in [-0.25, -0.2) is 0 Å². The smallest absolute Gasteiger partial charge is 0.0323 e.